The summed E-state index contributed by atoms with van der Waals surface area (Å²) in [6.07, 6.45) is 2.00. The van der Waals surface area contributed by atoms with Crippen LogP contribution in [-0.2, 0) is 6.54 Å². The number of aromatic nitrogens is 1. The van der Waals surface area contributed by atoms with Crippen LogP contribution in [0.25, 0.3) is 10.9 Å². The molecule has 0 N–H and O–H groups in total. The van der Waals surface area contributed by atoms with Crippen molar-refractivity contribution in [2.45, 2.75) is 6.54 Å². The first kappa shape index (κ1) is 11.0. The number of fused-ring (bicyclic) bond motifs is 1. The molecule has 0 spiro atoms. The predicted molar refractivity (Wildman–Crippen MR) is 73.0 cm³/mol. The molecule has 0 radical (unpaired) electrons. The van der Waals surface area contributed by atoms with Gasteiger partial charge in [-0.1, -0.05) is 0 Å². The smallest absolute Gasteiger partial charge is 0.125 e. The fourth-order valence-corrected chi connectivity index (χ4v) is 3.35. The molecule has 0 unspecified atom stereocenters. The Kier molecular flexibility index (Phi) is 2.76. The average molecular weight is 310 g/mol. The summed E-state index contributed by atoms with van der Waals surface area (Å²) in [7, 11) is 0. The molecule has 0 fully saturated rings. The van der Waals surface area contributed by atoms with E-state index in [1.54, 1.807) is 17.4 Å². The minimum atomic E-state index is -0.190. The van der Waals surface area contributed by atoms with Gasteiger partial charge in [0, 0.05) is 20.9 Å². The normalized spacial score (nSPS) is 11.2. The molecule has 0 saturated carbocycles. The average Bonchev–Trinajstić information content (AvgIpc) is 2.87. The number of halogens is 2. The molecule has 17 heavy (non-hydrogen) atoms. The Bertz CT molecular complexity index is 671. The Hall–Kier alpha value is -1.13. The largest absolute Gasteiger partial charge is 0.342 e. The van der Waals surface area contributed by atoms with Crippen molar-refractivity contribution in [3.63, 3.8) is 0 Å². The molecule has 86 valence electrons. The lowest BCUT2D eigenvalue weighted by Gasteiger charge is -2.03. The molecule has 0 aliphatic rings. The number of rotatable bonds is 2. The maximum atomic E-state index is 13.2. The number of nitrogens with zero attached hydrogens (tertiary/aromatic N) is 1. The predicted octanol–water partition coefficient (Wildman–Crippen LogP) is 4.65. The van der Waals surface area contributed by atoms with Gasteiger partial charge in [0.05, 0.1) is 12.1 Å². The van der Waals surface area contributed by atoms with Crippen molar-refractivity contribution in [3.8, 4) is 0 Å². The van der Waals surface area contributed by atoms with Gasteiger partial charge in [-0.3, -0.25) is 0 Å². The van der Waals surface area contributed by atoms with Crippen LogP contribution >= 0.6 is 27.3 Å². The Morgan fingerprint density at radius 3 is 2.88 bits per heavy atom. The van der Waals surface area contributed by atoms with Gasteiger partial charge < -0.3 is 4.57 Å². The maximum absolute atomic E-state index is 13.2. The van der Waals surface area contributed by atoms with E-state index in [-0.39, 0.29) is 5.82 Å². The van der Waals surface area contributed by atoms with Gasteiger partial charge in [-0.2, -0.15) is 0 Å². The van der Waals surface area contributed by atoms with E-state index in [0.29, 0.717) is 0 Å². The topological polar surface area (TPSA) is 4.93 Å². The zero-order valence-electron chi connectivity index (χ0n) is 8.86. The molecule has 3 aromatic rings. The summed E-state index contributed by atoms with van der Waals surface area (Å²) in [5.41, 5.74) is 0.939. The third-order valence-electron chi connectivity index (χ3n) is 2.68. The van der Waals surface area contributed by atoms with Crippen molar-refractivity contribution in [2.24, 2.45) is 0 Å². The standard InChI is InChI=1S/C13H9BrFNS/c14-10-5-12(17-8-10)7-16-4-3-9-1-2-11(15)6-13(9)16/h1-6,8H,7H2. The lowest BCUT2D eigenvalue weighted by molar-refractivity contribution is 0.628. The van der Waals surface area contributed by atoms with Crippen LogP contribution in [0.1, 0.15) is 4.88 Å². The highest BCUT2D eigenvalue weighted by Gasteiger charge is 2.04. The van der Waals surface area contributed by atoms with Gasteiger partial charge in [-0.15, -0.1) is 11.3 Å². The van der Waals surface area contributed by atoms with Crippen molar-refractivity contribution in [1.82, 2.24) is 4.57 Å². The molecule has 1 aromatic carbocycles. The number of hydrogen-bond acceptors (Lipinski definition) is 1. The van der Waals surface area contributed by atoms with E-state index in [1.807, 2.05) is 18.3 Å². The third kappa shape index (κ3) is 2.15. The second-order valence-corrected chi connectivity index (χ2v) is 5.79. The molecule has 0 atom stereocenters. The van der Waals surface area contributed by atoms with Crippen molar-refractivity contribution in [1.29, 1.82) is 0 Å². The lowest BCUT2D eigenvalue weighted by Crippen LogP contribution is -1.95. The highest BCUT2D eigenvalue weighted by Crippen LogP contribution is 2.23. The lowest BCUT2D eigenvalue weighted by atomic mass is 10.2. The fourth-order valence-electron chi connectivity index (χ4n) is 1.90. The van der Waals surface area contributed by atoms with Gasteiger partial charge in [0.1, 0.15) is 5.82 Å². The molecule has 0 aliphatic carbocycles. The summed E-state index contributed by atoms with van der Waals surface area (Å²) in [4.78, 5) is 1.25. The van der Waals surface area contributed by atoms with Crippen LogP contribution in [0.3, 0.4) is 0 Å². The Morgan fingerprint density at radius 2 is 2.12 bits per heavy atom. The molecular weight excluding hydrogens is 301 g/mol. The molecule has 0 aliphatic heterocycles. The molecule has 2 aromatic heterocycles. The second-order valence-electron chi connectivity index (χ2n) is 3.88. The Morgan fingerprint density at radius 1 is 1.24 bits per heavy atom. The zero-order valence-corrected chi connectivity index (χ0v) is 11.3. The monoisotopic (exact) mass is 309 g/mol. The number of hydrogen-bond donors (Lipinski definition) is 0. The third-order valence-corrected chi connectivity index (χ3v) is 4.37. The van der Waals surface area contributed by atoms with Gasteiger partial charge in [0.15, 0.2) is 0 Å². The first-order chi connectivity index (χ1) is 8.22. The highest BCUT2D eigenvalue weighted by atomic mass is 79.9. The summed E-state index contributed by atoms with van der Waals surface area (Å²) in [5.74, 6) is -0.190. The van der Waals surface area contributed by atoms with Crippen molar-refractivity contribution in [3.05, 3.63) is 57.1 Å². The van der Waals surface area contributed by atoms with Gasteiger partial charge >= 0.3 is 0 Å². The van der Waals surface area contributed by atoms with E-state index in [9.17, 15) is 4.39 Å². The molecule has 0 amide bonds. The van der Waals surface area contributed by atoms with Crippen LogP contribution in [-0.4, -0.2) is 4.57 Å². The van der Waals surface area contributed by atoms with Crippen molar-refractivity contribution < 1.29 is 4.39 Å². The van der Waals surface area contributed by atoms with Crippen molar-refractivity contribution >= 4 is 38.2 Å². The van der Waals surface area contributed by atoms with E-state index >= 15 is 0 Å². The molecule has 4 heteroatoms. The van der Waals surface area contributed by atoms with Crippen LogP contribution in [0.2, 0.25) is 0 Å². The summed E-state index contributed by atoms with van der Waals surface area (Å²) in [6.45, 7) is 0.781. The molecular formula is C13H9BrFNS. The van der Waals surface area contributed by atoms with E-state index in [1.165, 1.54) is 10.9 Å². The maximum Gasteiger partial charge on any atom is 0.125 e. The minimum Gasteiger partial charge on any atom is -0.342 e. The van der Waals surface area contributed by atoms with Gasteiger partial charge in [-0.25, -0.2) is 4.39 Å². The molecule has 1 nitrogen and oxygen atoms in total. The van der Waals surface area contributed by atoms with E-state index in [0.717, 1.165) is 21.9 Å². The molecule has 0 saturated heterocycles. The highest BCUT2D eigenvalue weighted by molar-refractivity contribution is 9.10. The quantitative estimate of drug-likeness (QED) is 0.649. The van der Waals surface area contributed by atoms with Crippen LogP contribution in [0.15, 0.2) is 46.4 Å². The van der Waals surface area contributed by atoms with E-state index in [4.69, 9.17) is 0 Å². The minimum absolute atomic E-state index is 0.190. The van der Waals surface area contributed by atoms with E-state index < -0.39 is 0 Å². The molecule has 2 heterocycles. The second kappa shape index (κ2) is 4.27. The van der Waals surface area contributed by atoms with Gasteiger partial charge in [0.25, 0.3) is 0 Å². The summed E-state index contributed by atoms with van der Waals surface area (Å²) in [5, 5.41) is 3.13. The van der Waals surface area contributed by atoms with E-state index in [2.05, 4.69) is 31.9 Å². The van der Waals surface area contributed by atoms with Crippen LogP contribution in [0, 0.1) is 5.82 Å². The van der Waals surface area contributed by atoms with Crippen LogP contribution < -0.4 is 0 Å². The van der Waals surface area contributed by atoms with Gasteiger partial charge in [-0.05, 0) is 51.6 Å². The first-order valence-corrected chi connectivity index (χ1v) is 6.87. The summed E-state index contributed by atoms with van der Waals surface area (Å²) < 4.78 is 16.4. The summed E-state index contributed by atoms with van der Waals surface area (Å²) >= 11 is 5.14. The zero-order chi connectivity index (χ0) is 11.8. The molecule has 3 rings (SSSR count). The van der Waals surface area contributed by atoms with Crippen LogP contribution in [0.4, 0.5) is 4.39 Å². The van der Waals surface area contributed by atoms with Crippen LogP contribution in [0.5, 0.6) is 0 Å². The fraction of sp³-hybridized carbons (Fsp3) is 0.0769. The number of benzene rings is 1. The number of thiophene rings is 1. The Labute approximate surface area is 111 Å². The molecule has 0 bridgehead atoms. The van der Waals surface area contributed by atoms with Crippen molar-refractivity contribution in [2.75, 3.05) is 0 Å². The SMILES string of the molecule is Fc1ccc2ccn(Cc3cc(Br)cs3)c2c1. The van der Waals surface area contributed by atoms with Gasteiger partial charge in [0.2, 0.25) is 0 Å². The summed E-state index contributed by atoms with van der Waals surface area (Å²) in [6, 6.07) is 8.99. The first-order valence-electron chi connectivity index (χ1n) is 5.20. The Balaban J connectivity index is 2.03.